The van der Waals surface area contributed by atoms with Gasteiger partial charge >= 0.3 is 0 Å². The molecular formula is C19H36Si. The van der Waals surface area contributed by atoms with Gasteiger partial charge in [-0.05, 0) is 17.8 Å². The Balaban J connectivity index is 2.08. The Morgan fingerprint density at radius 3 is 1.15 bits per heavy atom. The summed E-state index contributed by atoms with van der Waals surface area (Å²) in [5, 5.41) is 0. The molecule has 0 aromatic heterocycles. The van der Waals surface area contributed by atoms with E-state index in [1.807, 2.05) is 0 Å². The van der Waals surface area contributed by atoms with Crippen LogP contribution in [0.2, 0.25) is 24.5 Å². The number of hydrogen-bond acceptors (Lipinski definition) is 0. The maximum absolute atomic E-state index is 9.16. The van der Waals surface area contributed by atoms with E-state index in [1.54, 1.807) is 6.55 Å². The lowest BCUT2D eigenvalue weighted by molar-refractivity contribution is 0.544. The fraction of sp³-hybridized carbons (Fsp3) is 1.00. The molecule has 20 heavy (non-hydrogen) atoms. The highest BCUT2D eigenvalue weighted by atomic mass is 28.3. The van der Waals surface area contributed by atoms with Gasteiger partial charge < -0.3 is 0 Å². The minimum absolute atomic E-state index is 0.160. The van der Waals surface area contributed by atoms with Crippen LogP contribution in [0, 0.1) is 17.8 Å². The van der Waals surface area contributed by atoms with Crippen molar-refractivity contribution in [2.24, 2.45) is 17.8 Å². The van der Waals surface area contributed by atoms with Gasteiger partial charge in [0, 0.05) is 8.22 Å². The average molecular weight is 299 g/mol. The molecule has 0 nitrogen and oxygen atoms in total. The summed E-state index contributed by atoms with van der Waals surface area (Å²) in [4.78, 5) is 0. The fourth-order valence-electron chi connectivity index (χ4n) is 4.56. The monoisotopic (exact) mass is 298 g/mol. The Morgan fingerprint density at radius 1 is 0.650 bits per heavy atom. The standard InChI is InChI=1S/C19H36Si/c1-20(14-17-8-2-3-9-17,15-18-10-4-5-11-18)16-19-12-6-7-13-19/h17-19H,2-16H2,1H3/i14D2,15D2,16D2. The zero-order chi connectivity index (χ0) is 19.2. The van der Waals surface area contributed by atoms with Gasteiger partial charge in [-0.1, -0.05) is 102 Å². The first kappa shape index (κ1) is 9.38. The first-order valence-electron chi connectivity index (χ1n) is 12.1. The molecule has 0 aromatic carbocycles. The van der Waals surface area contributed by atoms with Crippen LogP contribution in [-0.2, 0) is 0 Å². The highest BCUT2D eigenvalue weighted by Crippen LogP contribution is 2.43. The molecule has 0 aromatic rings. The minimum atomic E-state index is -3.63. The Bertz CT molecular complexity index is 419. The van der Waals surface area contributed by atoms with Crippen molar-refractivity contribution in [3.05, 3.63) is 0 Å². The van der Waals surface area contributed by atoms with Crippen LogP contribution in [-0.4, -0.2) is 8.07 Å². The molecule has 0 atom stereocenters. The second-order valence-electron chi connectivity index (χ2n) is 7.50. The van der Waals surface area contributed by atoms with Crippen molar-refractivity contribution in [1.82, 2.24) is 0 Å². The van der Waals surface area contributed by atoms with Gasteiger partial charge in [-0.25, -0.2) is 0 Å². The van der Waals surface area contributed by atoms with E-state index in [-0.39, 0.29) is 17.8 Å². The van der Waals surface area contributed by atoms with Crippen LogP contribution in [0.25, 0.3) is 0 Å². The molecule has 0 spiro atoms. The van der Waals surface area contributed by atoms with Gasteiger partial charge in [0.2, 0.25) is 0 Å². The number of rotatable bonds is 6. The normalized spacial score (nSPS) is 33.5. The van der Waals surface area contributed by atoms with Crippen LogP contribution >= 0.6 is 0 Å². The second kappa shape index (κ2) is 6.98. The van der Waals surface area contributed by atoms with Gasteiger partial charge in [0.15, 0.2) is 0 Å². The van der Waals surface area contributed by atoms with E-state index in [2.05, 4.69) is 0 Å². The minimum Gasteiger partial charge on any atom is -0.0691 e. The fourth-order valence-corrected chi connectivity index (χ4v) is 8.13. The maximum atomic E-state index is 9.16. The van der Waals surface area contributed by atoms with Crippen LogP contribution < -0.4 is 0 Å². The van der Waals surface area contributed by atoms with Gasteiger partial charge in [0.05, 0.1) is 8.07 Å². The second-order valence-corrected chi connectivity index (χ2v) is 10.6. The lowest BCUT2D eigenvalue weighted by atomic mass is 10.1. The van der Waals surface area contributed by atoms with Crippen molar-refractivity contribution in [2.75, 3.05) is 0 Å². The summed E-state index contributed by atoms with van der Waals surface area (Å²) in [6.07, 6.45) is 10.9. The summed E-state index contributed by atoms with van der Waals surface area (Å²) < 4.78 is 55.0. The topological polar surface area (TPSA) is 0 Å². The van der Waals surface area contributed by atoms with Crippen molar-refractivity contribution in [3.63, 3.8) is 0 Å². The first-order chi connectivity index (χ1) is 12.1. The van der Waals surface area contributed by atoms with E-state index in [9.17, 15) is 0 Å². The average Bonchev–Trinajstić information content (AvgIpc) is 3.37. The van der Waals surface area contributed by atoms with Crippen LogP contribution in [0.1, 0.15) is 85.3 Å². The van der Waals surface area contributed by atoms with Crippen LogP contribution in [0.5, 0.6) is 0 Å². The van der Waals surface area contributed by atoms with Crippen molar-refractivity contribution in [2.45, 2.75) is 102 Å². The molecule has 3 aliphatic carbocycles. The van der Waals surface area contributed by atoms with E-state index in [4.69, 9.17) is 8.22 Å². The Morgan fingerprint density at radius 2 is 0.900 bits per heavy atom. The molecule has 3 saturated carbocycles. The van der Waals surface area contributed by atoms with Gasteiger partial charge in [-0.2, -0.15) is 0 Å². The zero-order valence-corrected chi connectivity index (χ0v) is 14.2. The molecule has 116 valence electrons. The zero-order valence-electron chi connectivity index (χ0n) is 19.2. The summed E-state index contributed by atoms with van der Waals surface area (Å²) in [6.45, 7) is 1.78. The summed E-state index contributed by atoms with van der Waals surface area (Å²) >= 11 is 0. The summed E-state index contributed by atoms with van der Waals surface area (Å²) in [6, 6.07) is 0. The van der Waals surface area contributed by atoms with Crippen molar-refractivity contribution < 1.29 is 8.22 Å². The third-order valence-electron chi connectivity index (χ3n) is 5.54. The SMILES string of the molecule is [2H]C([2H])(C1CCCC1)[Si](C)(C([2H])([2H])C1CCCC1)C([2H])([2H])C1CCCC1. The van der Waals surface area contributed by atoms with Gasteiger partial charge in [0.25, 0.3) is 0 Å². The Hall–Kier alpha value is 0.217. The van der Waals surface area contributed by atoms with Gasteiger partial charge in [0.1, 0.15) is 0 Å². The molecule has 3 aliphatic rings. The van der Waals surface area contributed by atoms with Crippen molar-refractivity contribution in [3.8, 4) is 0 Å². The molecule has 3 rings (SSSR count). The molecule has 1 heteroatoms. The Kier molecular flexibility index (Phi) is 3.27. The first-order valence-corrected chi connectivity index (χ1v) is 11.6. The van der Waals surface area contributed by atoms with E-state index in [1.165, 1.54) is 0 Å². The van der Waals surface area contributed by atoms with Crippen LogP contribution in [0.3, 0.4) is 0 Å². The van der Waals surface area contributed by atoms with E-state index >= 15 is 0 Å². The van der Waals surface area contributed by atoms with Crippen LogP contribution in [0.4, 0.5) is 0 Å². The number of hydrogen-bond donors (Lipinski definition) is 0. The Labute approximate surface area is 136 Å². The molecule has 0 saturated heterocycles. The molecular weight excluding hydrogens is 256 g/mol. The van der Waals surface area contributed by atoms with Crippen LogP contribution in [0.15, 0.2) is 0 Å². The van der Waals surface area contributed by atoms with E-state index < -0.39 is 26.1 Å². The van der Waals surface area contributed by atoms with Gasteiger partial charge in [-0.15, -0.1) is 0 Å². The molecule has 3 fully saturated rings. The smallest absolute Gasteiger partial charge is 0.0512 e. The highest BCUT2D eigenvalue weighted by molar-refractivity contribution is 6.78. The molecule has 0 bridgehead atoms. The molecule has 0 amide bonds. The van der Waals surface area contributed by atoms with E-state index in [0.29, 0.717) is 0 Å². The molecule has 0 heterocycles. The largest absolute Gasteiger partial charge is 0.0691 e. The third kappa shape index (κ3) is 4.12. The highest BCUT2D eigenvalue weighted by Gasteiger charge is 2.37. The summed E-state index contributed by atoms with van der Waals surface area (Å²) in [5.41, 5.74) is 0. The lowest BCUT2D eigenvalue weighted by Gasteiger charge is -2.35. The predicted octanol–water partition coefficient (Wildman–Crippen LogP) is 6.64. The molecule has 0 unspecified atom stereocenters. The summed E-state index contributed by atoms with van der Waals surface area (Å²) in [5.74, 6) is -5.56. The molecule has 0 aliphatic heterocycles. The van der Waals surface area contributed by atoms with Crippen molar-refractivity contribution >= 4 is 8.07 Å². The molecule has 0 N–H and O–H groups in total. The van der Waals surface area contributed by atoms with Gasteiger partial charge in [-0.3, -0.25) is 0 Å². The summed E-state index contributed by atoms with van der Waals surface area (Å²) in [7, 11) is -3.63. The molecule has 0 radical (unpaired) electrons. The maximum Gasteiger partial charge on any atom is 0.0512 e. The predicted molar refractivity (Wildman–Crippen MR) is 91.9 cm³/mol. The van der Waals surface area contributed by atoms with E-state index in [0.717, 1.165) is 77.0 Å². The van der Waals surface area contributed by atoms with Crippen molar-refractivity contribution in [1.29, 1.82) is 0 Å². The third-order valence-corrected chi connectivity index (χ3v) is 8.50. The quantitative estimate of drug-likeness (QED) is 0.482. The lowest BCUT2D eigenvalue weighted by Crippen LogP contribution is -2.36.